The van der Waals surface area contributed by atoms with Gasteiger partial charge in [0.15, 0.2) is 0 Å². The molecule has 3 rings (SSSR count). The zero-order valence-corrected chi connectivity index (χ0v) is 36.2. The topological polar surface area (TPSA) is 206 Å². The Hall–Kier alpha value is -3.18. The zero-order valence-electron chi connectivity index (χ0n) is 36.2. The first kappa shape index (κ1) is 52.2. The molecule has 0 radical (unpaired) electrons. The molecule has 0 bridgehead atoms. The van der Waals surface area contributed by atoms with Crippen molar-refractivity contribution in [1.29, 1.82) is 0 Å². The number of carbonyl (C=O) groups is 4. The normalized spacial score (nSPS) is 15.8. The molecule has 0 aliphatic carbocycles. The molecule has 2 aliphatic heterocycles. The number of nitrogens with zero attached hydrogens (tertiary/aromatic N) is 1. The van der Waals surface area contributed by atoms with Crippen LogP contribution in [0.1, 0.15) is 53.8 Å². The number of hydrogen-bond acceptors (Lipinski definition) is 17. The first-order valence-electron chi connectivity index (χ1n) is 21.4. The first-order chi connectivity index (χ1) is 29.9. The van der Waals surface area contributed by atoms with E-state index in [0.29, 0.717) is 170 Å². The van der Waals surface area contributed by atoms with E-state index in [2.05, 4.69) is 24.5 Å². The lowest BCUT2D eigenvalue weighted by atomic mass is 10.0. The van der Waals surface area contributed by atoms with E-state index < -0.39 is 29.7 Å². The van der Waals surface area contributed by atoms with E-state index in [-0.39, 0.29) is 24.0 Å². The number of piperidine rings is 1. The molecule has 0 spiro atoms. The summed E-state index contributed by atoms with van der Waals surface area (Å²) < 4.78 is 66.1. The van der Waals surface area contributed by atoms with Crippen molar-refractivity contribution < 1.29 is 76.0 Å². The molecule has 2 aliphatic rings. The average molecular weight is 872 g/mol. The van der Waals surface area contributed by atoms with Crippen LogP contribution in [0.25, 0.3) is 0 Å². The van der Waals surface area contributed by atoms with Crippen LogP contribution in [0.2, 0.25) is 0 Å². The smallest absolute Gasteiger partial charge is 0.264 e. The quantitative estimate of drug-likeness (QED) is 0.0710. The Morgan fingerprint density at radius 1 is 0.574 bits per heavy atom. The van der Waals surface area contributed by atoms with E-state index in [1.54, 1.807) is 18.2 Å². The Morgan fingerprint density at radius 2 is 0.967 bits per heavy atom. The van der Waals surface area contributed by atoms with Crippen LogP contribution in [0.5, 0.6) is 0 Å². The summed E-state index contributed by atoms with van der Waals surface area (Å²) in [5.41, 5.74) is 0.905. The lowest BCUT2D eigenvalue weighted by molar-refractivity contribution is -0.136. The first-order valence-corrected chi connectivity index (χ1v) is 21.4. The fourth-order valence-electron chi connectivity index (χ4n) is 5.74. The Morgan fingerprint density at radius 3 is 1.36 bits per heavy atom. The largest absolute Gasteiger partial charge is 0.382 e. The molecule has 2 unspecified atom stereocenters. The second-order valence-corrected chi connectivity index (χ2v) is 13.9. The minimum absolute atomic E-state index is 0.0646. The van der Waals surface area contributed by atoms with Gasteiger partial charge in [-0.1, -0.05) is 26.3 Å². The number of fused-ring (bicyclic) bond motifs is 1. The number of imide groups is 2. The van der Waals surface area contributed by atoms with Crippen molar-refractivity contribution in [2.75, 3.05) is 170 Å². The van der Waals surface area contributed by atoms with Gasteiger partial charge in [0.2, 0.25) is 11.8 Å². The van der Waals surface area contributed by atoms with Crippen LogP contribution in [0.15, 0.2) is 18.2 Å². The van der Waals surface area contributed by atoms with Crippen LogP contribution >= 0.6 is 0 Å². The number of ether oxygens (including phenoxy) is 12. The van der Waals surface area contributed by atoms with Gasteiger partial charge in [0, 0.05) is 25.3 Å². The molecular weight excluding hydrogens is 802 g/mol. The lowest BCUT2D eigenvalue weighted by Crippen LogP contribution is -2.54. The highest BCUT2D eigenvalue weighted by atomic mass is 16.6. The summed E-state index contributed by atoms with van der Waals surface area (Å²) in [6, 6.07) is 3.90. The van der Waals surface area contributed by atoms with Crippen LogP contribution in [-0.2, 0) is 66.4 Å². The third kappa shape index (κ3) is 22.7. The van der Waals surface area contributed by atoms with Gasteiger partial charge in [-0.3, -0.25) is 29.4 Å². The predicted octanol–water partition coefficient (Wildman–Crippen LogP) is 1.75. The molecule has 2 N–H and O–H groups in total. The van der Waals surface area contributed by atoms with E-state index >= 15 is 0 Å². The van der Waals surface area contributed by atoms with E-state index in [1.807, 2.05) is 0 Å². The number of anilines is 1. The molecule has 1 fully saturated rings. The van der Waals surface area contributed by atoms with Gasteiger partial charge in [0.05, 0.1) is 163 Å². The van der Waals surface area contributed by atoms with E-state index in [1.165, 1.54) is 0 Å². The minimum atomic E-state index is -1.01. The summed E-state index contributed by atoms with van der Waals surface area (Å²) in [7, 11) is 0. The fourth-order valence-corrected chi connectivity index (χ4v) is 5.74. The molecule has 348 valence electrons. The lowest BCUT2D eigenvalue weighted by Gasteiger charge is -2.27. The van der Waals surface area contributed by atoms with Gasteiger partial charge in [-0.2, -0.15) is 0 Å². The van der Waals surface area contributed by atoms with Crippen LogP contribution in [0, 0.1) is 5.92 Å². The molecule has 2 heterocycles. The van der Waals surface area contributed by atoms with Gasteiger partial charge in [0.1, 0.15) is 6.04 Å². The molecular formula is C42H69N3O16. The van der Waals surface area contributed by atoms with Gasteiger partial charge < -0.3 is 62.2 Å². The van der Waals surface area contributed by atoms with Crippen molar-refractivity contribution in [3.05, 3.63) is 29.3 Å². The molecule has 1 aromatic carbocycles. The molecule has 19 nitrogen and oxygen atoms in total. The molecule has 61 heavy (non-hydrogen) atoms. The Kier molecular flexibility index (Phi) is 29.4. The summed E-state index contributed by atoms with van der Waals surface area (Å²) in [5, 5.41) is 5.33. The van der Waals surface area contributed by atoms with Gasteiger partial charge in [-0.25, -0.2) is 0 Å². The molecule has 1 saturated heterocycles. The van der Waals surface area contributed by atoms with Crippen LogP contribution in [-0.4, -0.2) is 200 Å². The monoisotopic (exact) mass is 871 g/mol. The molecule has 0 saturated carbocycles. The Balaban J connectivity index is 0.971. The number of carbonyl (C=O) groups excluding carboxylic acids is 4. The van der Waals surface area contributed by atoms with Crippen LogP contribution < -0.4 is 10.6 Å². The highest BCUT2D eigenvalue weighted by Crippen LogP contribution is 2.32. The third-order valence-corrected chi connectivity index (χ3v) is 9.22. The van der Waals surface area contributed by atoms with Crippen molar-refractivity contribution in [1.82, 2.24) is 10.2 Å². The maximum absolute atomic E-state index is 13.2. The van der Waals surface area contributed by atoms with Crippen molar-refractivity contribution in [2.24, 2.45) is 5.92 Å². The second kappa shape index (κ2) is 34.3. The van der Waals surface area contributed by atoms with Crippen LogP contribution in [0.4, 0.5) is 5.69 Å². The van der Waals surface area contributed by atoms with Gasteiger partial charge in [0.25, 0.3) is 11.8 Å². The number of benzene rings is 1. The fraction of sp³-hybridized carbons (Fsp3) is 0.762. The summed E-state index contributed by atoms with van der Waals surface area (Å²) in [6.45, 7) is 16.5. The minimum Gasteiger partial charge on any atom is -0.382 e. The molecule has 1 aromatic rings. The van der Waals surface area contributed by atoms with Crippen LogP contribution in [0.3, 0.4) is 0 Å². The standard InChI is InChI=1S/C42H69N3O16/c1-3-34(2)33-61-32-31-60-30-29-59-28-27-58-26-25-57-24-23-56-22-21-55-20-19-54-18-17-53-16-15-52-14-13-51-12-11-50-10-9-43-36-6-4-5-35-39(36)42(49)45(41(35)48)37-7-8-38(46)44-40(37)47/h4-6,34,37,43H,3,7-33H2,1-2H3,(H,44,46,47). The summed E-state index contributed by atoms with van der Waals surface area (Å²) in [6.07, 6.45) is 1.29. The highest BCUT2D eigenvalue weighted by Gasteiger charge is 2.45. The summed E-state index contributed by atoms with van der Waals surface area (Å²) in [5.74, 6) is -1.59. The second-order valence-electron chi connectivity index (χ2n) is 13.9. The molecule has 0 aromatic heterocycles. The van der Waals surface area contributed by atoms with E-state index in [9.17, 15) is 19.2 Å². The van der Waals surface area contributed by atoms with Crippen molar-refractivity contribution in [2.45, 2.75) is 39.2 Å². The molecule has 2 atom stereocenters. The SMILES string of the molecule is CCC(C)COCCOCCOCCOCCOCCOCCOCCOCCOCCOCCOCCOCCNc1cccc2c1C(=O)N(C1CCC(=O)NC1=O)C2=O. The maximum atomic E-state index is 13.2. The Bertz CT molecular complexity index is 1360. The predicted molar refractivity (Wildman–Crippen MR) is 221 cm³/mol. The van der Waals surface area contributed by atoms with E-state index in [4.69, 9.17) is 56.8 Å². The number of hydrogen-bond donors (Lipinski definition) is 2. The maximum Gasteiger partial charge on any atom is 0.264 e. The van der Waals surface area contributed by atoms with Crippen molar-refractivity contribution in [3.63, 3.8) is 0 Å². The van der Waals surface area contributed by atoms with Crippen molar-refractivity contribution in [3.8, 4) is 0 Å². The number of rotatable bonds is 41. The number of amides is 4. The van der Waals surface area contributed by atoms with Gasteiger partial charge in [-0.05, 0) is 24.5 Å². The average Bonchev–Trinajstić information content (AvgIpc) is 3.51. The Labute approximate surface area is 359 Å². The summed E-state index contributed by atoms with van der Waals surface area (Å²) in [4.78, 5) is 50.9. The van der Waals surface area contributed by atoms with Gasteiger partial charge in [-0.15, -0.1) is 0 Å². The molecule has 19 heteroatoms. The highest BCUT2D eigenvalue weighted by molar-refractivity contribution is 6.25. The molecule has 4 amide bonds. The van der Waals surface area contributed by atoms with E-state index in [0.717, 1.165) is 17.9 Å². The zero-order chi connectivity index (χ0) is 43.6. The van der Waals surface area contributed by atoms with Crippen molar-refractivity contribution >= 4 is 29.3 Å². The van der Waals surface area contributed by atoms with Gasteiger partial charge >= 0.3 is 0 Å². The third-order valence-electron chi connectivity index (χ3n) is 9.22. The number of nitrogens with one attached hydrogen (secondary N) is 2. The summed E-state index contributed by atoms with van der Waals surface area (Å²) >= 11 is 0.